The molecule has 1 unspecified atom stereocenters. The van der Waals surface area contributed by atoms with Gasteiger partial charge in [-0.2, -0.15) is 0 Å². The predicted molar refractivity (Wildman–Crippen MR) is 141 cm³/mol. The van der Waals surface area contributed by atoms with Crippen molar-refractivity contribution in [1.82, 2.24) is 9.97 Å². The van der Waals surface area contributed by atoms with Crippen molar-refractivity contribution in [3.8, 4) is 11.4 Å². The average Bonchev–Trinajstić information content (AvgIpc) is 2.88. The topological polar surface area (TPSA) is 25.8 Å². The molecule has 0 fully saturated rings. The van der Waals surface area contributed by atoms with Gasteiger partial charge in [-0.1, -0.05) is 97.1 Å². The van der Waals surface area contributed by atoms with Crippen LogP contribution in [0.3, 0.4) is 0 Å². The summed E-state index contributed by atoms with van der Waals surface area (Å²) in [6.07, 6.45) is 12.9. The number of aromatic nitrogens is 2. The predicted octanol–water partition coefficient (Wildman–Crippen LogP) is 6.46. The Labute approximate surface area is 196 Å². The van der Waals surface area contributed by atoms with Crippen LogP contribution in [0, 0.1) is 6.92 Å². The molecule has 0 saturated carbocycles. The van der Waals surface area contributed by atoms with Crippen LogP contribution in [-0.4, -0.2) is 15.6 Å². The SMILES string of the molecule is Cc1ccc(C=C2C=CC=CC2P(c2ccccc2)c2ccccc2)nc1-c1ccccn1. The number of rotatable bonds is 5. The smallest absolute Gasteiger partial charge is 0.0922 e. The Hall–Kier alpha value is -3.61. The van der Waals surface area contributed by atoms with Gasteiger partial charge in [0.1, 0.15) is 0 Å². The monoisotopic (exact) mass is 444 g/mol. The van der Waals surface area contributed by atoms with Crippen molar-refractivity contribution in [2.75, 3.05) is 0 Å². The number of aryl methyl sites for hydroxylation is 1. The fourth-order valence-electron chi connectivity index (χ4n) is 4.12. The van der Waals surface area contributed by atoms with Crippen LogP contribution in [0.1, 0.15) is 11.3 Å². The zero-order valence-electron chi connectivity index (χ0n) is 18.5. The van der Waals surface area contributed by atoms with Gasteiger partial charge in [0.2, 0.25) is 0 Å². The van der Waals surface area contributed by atoms with Crippen LogP contribution in [0.5, 0.6) is 0 Å². The number of hydrogen-bond donors (Lipinski definition) is 0. The molecule has 1 aliphatic rings. The molecule has 3 heteroatoms. The fourth-order valence-corrected chi connectivity index (χ4v) is 6.78. The molecule has 2 aromatic carbocycles. The van der Waals surface area contributed by atoms with Crippen LogP contribution in [-0.2, 0) is 0 Å². The highest BCUT2D eigenvalue weighted by molar-refractivity contribution is 7.74. The maximum atomic E-state index is 4.99. The van der Waals surface area contributed by atoms with Gasteiger partial charge in [0, 0.05) is 11.9 Å². The van der Waals surface area contributed by atoms with Gasteiger partial charge < -0.3 is 0 Å². The second-order valence-electron chi connectivity index (χ2n) is 7.99. The van der Waals surface area contributed by atoms with E-state index in [1.807, 2.05) is 24.4 Å². The second-order valence-corrected chi connectivity index (χ2v) is 10.3. The maximum absolute atomic E-state index is 4.99. The Balaban J connectivity index is 1.58. The van der Waals surface area contributed by atoms with E-state index in [0.717, 1.165) is 22.6 Å². The van der Waals surface area contributed by atoms with E-state index in [0.29, 0.717) is 0 Å². The van der Waals surface area contributed by atoms with Gasteiger partial charge in [0.05, 0.1) is 17.1 Å². The van der Waals surface area contributed by atoms with E-state index < -0.39 is 7.92 Å². The first-order valence-electron chi connectivity index (χ1n) is 11.1. The van der Waals surface area contributed by atoms with Crippen molar-refractivity contribution >= 4 is 24.6 Å². The van der Waals surface area contributed by atoms with Crippen LogP contribution >= 0.6 is 7.92 Å². The zero-order valence-corrected chi connectivity index (χ0v) is 19.4. The molecule has 5 rings (SSSR count). The summed E-state index contributed by atoms with van der Waals surface area (Å²) in [7, 11) is -0.609. The lowest BCUT2D eigenvalue weighted by atomic mass is 10.0. The third-order valence-electron chi connectivity index (χ3n) is 5.72. The molecular formula is C30H25N2P. The molecule has 1 aliphatic carbocycles. The highest BCUT2D eigenvalue weighted by Crippen LogP contribution is 2.45. The Kier molecular flexibility index (Phi) is 6.37. The van der Waals surface area contributed by atoms with Gasteiger partial charge in [-0.05, 0) is 60.9 Å². The summed E-state index contributed by atoms with van der Waals surface area (Å²) in [4.78, 5) is 9.50. The number of benzene rings is 2. The standard InChI is InChI=1S/C30H25N2P/c1-23-19-20-25(32-30(23)28-17-10-11-21-31-28)22-24-12-8-9-18-29(24)33(26-13-4-2-5-14-26)27-15-6-3-7-16-27/h2-22,29H,1H3. The van der Waals surface area contributed by atoms with Gasteiger partial charge in [-0.25, -0.2) is 4.98 Å². The van der Waals surface area contributed by atoms with Gasteiger partial charge in [0.25, 0.3) is 0 Å². The van der Waals surface area contributed by atoms with E-state index in [4.69, 9.17) is 4.98 Å². The Morgan fingerprint density at radius 1 is 0.758 bits per heavy atom. The molecule has 2 nitrogen and oxygen atoms in total. The molecule has 0 spiro atoms. The number of allylic oxidation sites excluding steroid dienone is 5. The molecule has 0 bridgehead atoms. The van der Waals surface area contributed by atoms with E-state index in [1.54, 1.807) is 0 Å². The minimum atomic E-state index is -0.609. The number of hydrogen-bond acceptors (Lipinski definition) is 2. The molecule has 0 aliphatic heterocycles. The van der Waals surface area contributed by atoms with E-state index >= 15 is 0 Å². The van der Waals surface area contributed by atoms with Crippen molar-refractivity contribution < 1.29 is 0 Å². The second kappa shape index (κ2) is 9.90. The third-order valence-corrected chi connectivity index (χ3v) is 8.46. The molecule has 0 N–H and O–H groups in total. The average molecular weight is 445 g/mol. The summed E-state index contributed by atoms with van der Waals surface area (Å²) in [5.41, 5.74) is 5.47. The molecule has 0 amide bonds. The van der Waals surface area contributed by atoms with Crippen molar-refractivity contribution in [2.45, 2.75) is 12.6 Å². The first kappa shape index (κ1) is 21.2. The van der Waals surface area contributed by atoms with Crippen LogP contribution < -0.4 is 10.6 Å². The summed E-state index contributed by atoms with van der Waals surface area (Å²) >= 11 is 0. The minimum Gasteiger partial charge on any atom is -0.255 e. The summed E-state index contributed by atoms with van der Waals surface area (Å²) in [5.74, 6) is 0. The molecule has 4 aromatic rings. The molecule has 160 valence electrons. The molecule has 2 heterocycles. The van der Waals surface area contributed by atoms with Crippen molar-refractivity contribution in [2.24, 2.45) is 0 Å². The zero-order chi connectivity index (χ0) is 22.5. The van der Waals surface area contributed by atoms with Crippen LogP contribution in [0.2, 0.25) is 0 Å². The molecule has 2 aromatic heterocycles. The van der Waals surface area contributed by atoms with Gasteiger partial charge >= 0.3 is 0 Å². The lowest BCUT2D eigenvalue weighted by Crippen LogP contribution is -2.22. The van der Waals surface area contributed by atoms with E-state index in [9.17, 15) is 0 Å². The van der Waals surface area contributed by atoms with Gasteiger partial charge in [0.15, 0.2) is 0 Å². The highest BCUT2D eigenvalue weighted by atomic mass is 31.1. The quantitative estimate of drug-likeness (QED) is 0.330. The van der Waals surface area contributed by atoms with E-state index in [1.165, 1.54) is 16.2 Å². The van der Waals surface area contributed by atoms with Crippen LogP contribution in [0.4, 0.5) is 0 Å². The van der Waals surface area contributed by atoms with E-state index in [2.05, 4.69) is 115 Å². The fraction of sp³-hybridized carbons (Fsp3) is 0.0667. The largest absolute Gasteiger partial charge is 0.255 e. The molecule has 33 heavy (non-hydrogen) atoms. The minimum absolute atomic E-state index is 0.274. The number of pyridine rings is 2. The Bertz CT molecular complexity index is 1270. The molecule has 0 saturated heterocycles. The molecule has 1 atom stereocenters. The summed E-state index contributed by atoms with van der Waals surface area (Å²) in [5, 5.41) is 2.75. The number of nitrogens with zero attached hydrogens (tertiary/aromatic N) is 2. The van der Waals surface area contributed by atoms with Gasteiger partial charge in [-0.15, -0.1) is 0 Å². The lowest BCUT2D eigenvalue weighted by molar-refractivity contribution is 1.19. The maximum Gasteiger partial charge on any atom is 0.0922 e. The first-order valence-corrected chi connectivity index (χ1v) is 12.6. The Morgan fingerprint density at radius 2 is 1.45 bits per heavy atom. The van der Waals surface area contributed by atoms with Crippen LogP contribution in [0.25, 0.3) is 17.5 Å². The van der Waals surface area contributed by atoms with Crippen LogP contribution in [0.15, 0.2) is 127 Å². The van der Waals surface area contributed by atoms with E-state index in [-0.39, 0.29) is 5.66 Å². The molecular weight excluding hydrogens is 419 g/mol. The first-order chi connectivity index (χ1) is 16.3. The lowest BCUT2D eigenvalue weighted by Gasteiger charge is -2.29. The highest BCUT2D eigenvalue weighted by Gasteiger charge is 2.26. The van der Waals surface area contributed by atoms with Crippen molar-refractivity contribution in [3.63, 3.8) is 0 Å². The third kappa shape index (κ3) is 4.77. The van der Waals surface area contributed by atoms with Crippen molar-refractivity contribution in [1.29, 1.82) is 0 Å². The summed E-state index contributed by atoms with van der Waals surface area (Å²) < 4.78 is 0. The summed E-state index contributed by atoms with van der Waals surface area (Å²) in [6, 6.07) is 32.0. The van der Waals surface area contributed by atoms with Crippen molar-refractivity contribution in [3.05, 3.63) is 138 Å². The Morgan fingerprint density at radius 3 is 2.12 bits per heavy atom. The normalized spacial score (nSPS) is 16.4. The summed E-state index contributed by atoms with van der Waals surface area (Å²) in [6.45, 7) is 2.09. The van der Waals surface area contributed by atoms with Gasteiger partial charge in [-0.3, -0.25) is 4.98 Å². The molecule has 0 radical (unpaired) electrons.